The third kappa shape index (κ3) is 8.89. The van der Waals surface area contributed by atoms with Crippen LogP contribution in [0.1, 0.15) is 44.6 Å². The Kier molecular flexibility index (Phi) is 10.7. The Bertz CT molecular complexity index is 575. The summed E-state index contributed by atoms with van der Waals surface area (Å²) < 4.78 is 16.5. The topological polar surface area (TPSA) is 77.0 Å². The highest BCUT2D eigenvalue weighted by Crippen LogP contribution is 2.26. The molecular formula is C21H36N4O3. The van der Waals surface area contributed by atoms with Crippen LogP contribution in [-0.4, -0.2) is 57.6 Å². The van der Waals surface area contributed by atoms with Crippen molar-refractivity contribution in [2.45, 2.75) is 51.7 Å². The van der Waals surface area contributed by atoms with Gasteiger partial charge in [-0.3, -0.25) is 4.99 Å². The molecule has 2 N–H and O–H groups in total. The Morgan fingerprint density at radius 3 is 2.75 bits per heavy atom. The number of hydrogen-bond acceptors (Lipinski definition) is 5. The van der Waals surface area contributed by atoms with Crippen molar-refractivity contribution in [1.82, 2.24) is 15.6 Å². The number of nitrogens with one attached hydrogen (secondary N) is 2. The molecule has 28 heavy (non-hydrogen) atoms. The van der Waals surface area contributed by atoms with Crippen molar-refractivity contribution in [3.8, 4) is 5.88 Å². The highest BCUT2D eigenvalue weighted by Gasteiger charge is 2.19. The quantitative estimate of drug-likeness (QED) is 0.343. The highest BCUT2D eigenvalue weighted by molar-refractivity contribution is 5.79. The summed E-state index contributed by atoms with van der Waals surface area (Å²) in [6.45, 7) is 5.76. The van der Waals surface area contributed by atoms with Crippen LogP contribution in [0.5, 0.6) is 5.88 Å². The molecule has 1 aromatic rings. The maximum absolute atomic E-state index is 6.09. The summed E-state index contributed by atoms with van der Waals surface area (Å²) in [6, 6.07) is 4.02. The molecule has 0 spiro atoms. The summed E-state index contributed by atoms with van der Waals surface area (Å²) in [5, 5.41) is 6.62. The van der Waals surface area contributed by atoms with Gasteiger partial charge in [0.05, 0.1) is 13.2 Å². The average molecular weight is 393 g/mol. The standard InChI is InChI=1S/C21H36N4O3/c1-17-5-7-19(8-6-17)28-20-15-18(9-11-23-20)16-25-21(22-2)24-10-4-12-27-14-13-26-3/h9,11,15,17,19H,4-8,10,12-14,16H2,1-3H3,(H2,22,24,25). The van der Waals surface area contributed by atoms with Gasteiger partial charge in [-0.05, 0) is 49.7 Å². The number of methoxy groups -OCH3 is 1. The third-order valence-electron chi connectivity index (χ3n) is 4.92. The molecule has 0 saturated heterocycles. The lowest BCUT2D eigenvalue weighted by molar-refractivity contribution is 0.0698. The summed E-state index contributed by atoms with van der Waals surface area (Å²) >= 11 is 0. The SMILES string of the molecule is CN=C(NCCCOCCOC)NCc1ccnc(OC2CCC(C)CC2)c1. The summed E-state index contributed by atoms with van der Waals surface area (Å²) in [6.07, 6.45) is 7.75. The molecule has 0 aliphatic heterocycles. The van der Waals surface area contributed by atoms with Gasteiger partial charge in [0.2, 0.25) is 5.88 Å². The predicted octanol–water partition coefficient (Wildman–Crippen LogP) is 2.76. The molecule has 0 atom stereocenters. The second-order valence-electron chi connectivity index (χ2n) is 7.31. The highest BCUT2D eigenvalue weighted by atomic mass is 16.5. The molecule has 7 nitrogen and oxygen atoms in total. The zero-order valence-electron chi connectivity index (χ0n) is 17.6. The van der Waals surface area contributed by atoms with Gasteiger partial charge < -0.3 is 24.8 Å². The molecule has 1 heterocycles. The molecule has 0 radical (unpaired) electrons. The lowest BCUT2D eigenvalue weighted by Crippen LogP contribution is -2.37. The van der Waals surface area contributed by atoms with Crippen LogP contribution in [0.25, 0.3) is 0 Å². The van der Waals surface area contributed by atoms with Crippen molar-refractivity contribution >= 4 is 5.96 Å². The Morgan fingerprint density at radius 1 is 1.18 bits per heavy atom. The molecule has 0 unspecified atom stereocenters. The second-order valence-corrected chi connectivity index (χ2v) is 7.31. The molecule has 0 amide bonds. The van der Waals surface area contributed by atoms with Crippen LogP contribution >= 0.6 is 0 Å². The van der Waals surface area contributed by atoms with Gasteiger partial charge >= 0.3 is 0 Å². The number of aliphatic imine (C=N–C) groups is 1. The van der Waals surface area contributed by atoms with Gasteiger partial charge in [0.1, 0.15) is 6.10 Å². The Morgan fingerprint density at radius 2 is 2.00 bits per heavy atom. The minimum Gasteiger partial charge on any atom is -0.474 e. The van der Waals surface area contributed by atoms with Crippen LogP contribution in [-0.2, 0) is 16.0 Å². The minimum atomic E-state index is 0.299. The number of aromatic nitrogens is 1. The van der Waals surface area contributed by atoms with Crippen LogP contribution in [0.3, 0.4) is 0 Å². The fraction of sp³-hybridized carbons (Fsp3) is 0.714. The van der Waals surface area contributed by atoms with E-state index < -0.39 is 0 Å². The van der Waals surface area contributed by atoms with Crippen molar-refractivity contribution in [3.05, 3.63) is 23.9 Å². The van der Waals surface area contributed by atoms with E-state index in [0.717, 1.165) is 49.1 Å². The van der Waals surface area contributed by atoms with Crippen molar-refractivity contribution in [2.75, 3.05) is 40.5 Å². The molecule has 2 rings (SSSR count). The van der Waals surface area contributed by atoms with E-state index in [9.17, 15) is 0 Å². The van der Waals surface area contributed by atoms with Crippen molar-refractivity contribution in [2.24, 2.45) is 10.9 Å². The molecule has 1 aromatic heterocycles. The zero-order chi connectivity index (χ0) is 20.0. The van der Waals surface area contributed by atoms with Gasteiger partial charge in [0.15, 0.2) is 5.96 Å². The summed E-state index contributed by atoms with van der Waals surface area (Å²) in [5.74, 6) is 2.31. The third-order valence-corrected chi connectivity index (χ3v) is 4.92. The normalized spacial score (nSPS) is 20.0. The first-order chi connectivity index (χ1) is 13.7. The Balaban J connectivity index is 1.67. The molecule has 1 aliphatic rings. The number of rotatable bonds is 11. The monoisotopic (exact) mass is 392 g/mol. The smallest absolute Gasteiger partial charge is 0.213 e. The second kappa shape index (κ2) is 13.3. The van der Waals surface area contributed by atoms with Crippen LogP contribution in [0.4, 0.5) is 0 Å². The van der Waals surface area contributed by atoms with Gasteiger partial charge in [-0.25, -0.2) is 4.98 Å². The van der Waals surface area contributed by atoms with Crippen molar-refractivity contribution in [3.63, 3.8) is 0 Å². The van der Waals surface area contributed by atoms with E-state index in [0.29, 0.717) is 32.5 Å². The molecule has 7 heteroatoms. The fourth-order valence-corrected chi connectivity index (χ4v) is 3.17. The number of nitrogens with zero attached hydrogens (tertiary/aromatic N) is 2. The van der Waals surface area contributed by atoms with Crippen LogP contribution in [0.15, 0.2) is 23.3 Å². The van der Waals surface area contributed by atoms with Crippen LogP contribution < -0.4 is 15.4 Å². The number of pyridine rings is 1. The maximum Gasteiger partial charge on any atom is 0.213 e. The number of hydrogen-bond donors (Lipinski definition) is 2. The lowest BCUT2D eigenvalue weighted by Gasteiger charge is -2.26. The zero-order valence-corrected chi connectivity index (χ0v) is 17.6. The van der Waals surface area contributed by atoms with Crippen molar-refractivity contribution in [1.29, 1.82) is 0 Å². The van der Waals surface area contributed by atoms with Crippen LogP contribution in [0.2, 0.25) is 0 Å². The molecule has 1 fully saturated rings. The van der Waals surface area contributed by atoms with Crippen LogP contribution in [0, 0.1) is 5.92 Å². The number of guanidine groups is 1. The van der Waals surface area contributed by atoms with E-state index >= 15 is 0 Å². The van der Waals surface area contributed by atoms with Gasteiger partial charge in [-0.15, -0.1) is 0 Å². The van der Waals surface area contributed by atoms with E-state index in [2.05, 4.69) is 27.5 Å². The summed E-state index contributed by atoms with van der Waals surface area (Å²) in [4.78, 5) is 8.63. The first-order valence-corrected chi connectivity index (χ1v) is 10.3. The van der Waals surface area contributed by atoms with E-state index in [1.807, 2.05) is 18.3 Å². The van der Waals surface area contributed by atoms with Gasteiger partial charge in [0.25, 0.3) is 0 Å². The molecule has 158 valence electrons. The first kappa shape index (κ1) is 22.4. The molecular weight excluding hydrogens is 356 g/mol. The van der Waals surface area contributed by atoms with E-state index in [1.54, 1.807) is 14.2 Å². The minimum absolute atomic E-state index is 0.299. The Hall–Kier alpha value is -1.86. The molecule has 1 aliphatic carbocycles. The van der Waals surface area contributed by atoms with E-state index in [4.69, 9.17) is 14.2 Å². The van der Waals surface area contributed by atoms with Gasteiger partial charge in [-0.2, -0.15) is 0 Å². The average Bonchev–Trinajstić information content (AvgIpc) is 2.71. The first-order valence-electron chi connectivity index (χ1n) is 10.3. The summed E-state index contributed by atoms with van der Waals surface area (Å²) in [7, 11) is 3.45. The Labute approximate surface area is 169 Å². The van der Waals surface area contributed by atoms with Gasteiger partial charge in [-0.1, -0.05) is 6.92 Å². The molecule has 0 bridgehead atoms. The van der Waals surface area contributed by atoms with E-state index in [1.165, 1.54) is 12.8 Å². The molecule has 0 aromatic carbocycles. The van der Waals surface area contributed by atoms with Crippen molar-refractivity contribution < 1.29 is 14.2 Å². The summed E-state index contributed by atoms with van der Waals surface area (Å²) in [5.41, 5.74) is 1.13. The maximum atomic E-state index is 6.09. The predicted molar refractivity (Wildman–Crippen MR) is 112 cm³/mol. The molecule has 1 saturated carbocycles. The van der Waals surface area contributed by atoms with Gasteiger partial charge in [0, 0.05) is 46.1 Å². The number of ether oxygens (including phenoxy) is 3. The van der Waals surface area contributed by atoms with E-state index in [-0.39, 0.29) is 0 Å². The lowest BCUT2D eigenvalue weighted by atomic mass is 9.89. The fourth-order valence-electron chi connectivity index (χ4n) is 3.17. The largest absolute Gasteiger partial charge is 0.474 e.